The summed E-state index contributed by atoms with van der Waals surface area (Å²) >= 11 is 0. The number of para-hydroxylation sites is 2. The number of carbonyl (C=O) groups excluding carboxylic acids is 1. The maximum Gasteiger partial charge on any atom is 0.242 e. The van der Waals surface area contributed by atoms with Crippen molar-refractivity contribution in [3.05, 3.63) is 59.8 Å². The van der Waals surface area contributed by atoms with Crippen molar-refractivity contribution in [2.24, 2.45) is 0 Å². The van der Waals surface area contributed by atoms with Gasteiger partial charge in [0.2, 0.25) is 5.91 Å². The van der Waals surface area contributed by atoms with Gasteiger partial charge in [0.1, 0.15) is 12.3 Å². The number of aryl methyl sites for hydroxylation is 1. The summed E-state index contributed by atoms with van der Waals surface area (Å²) in [5.74, 6) is 0.732. The van der Waals surface area contributed by atoms with Crippen LogP contribution in [0.4, 0.5) is 0 Å². The molecule has 0 saturated heterocycles. The van der Waals surface area contributed by atoms with E-state index < -0.39 is 0 Å². The molecule has 1 N–H and O–H groups in total. The van der Waals surface area contributed by atoms with E-state index >= 15 is 0 Å². The number of benzene rings is 2. The Morgan fingerprint density at radius 3 is 2.75 bits per heavy atom. The third-order valence-corrected chi connectivity index (χ3v) is 3.88. The first-order valence-electron chi connectivity index (χ1n) is 8.08. The van der Waals surface area contributed by atoms with Crippen LogP contribution in [-0.2, 0) is 17.9 Å². The Hall–Kier alpha value is -2.82. The molecule has 0 atom stereocenters. The smallest absolute Gasteiger partial charge is 0.242 e. The first kappa shape index (κ1) is 16.1. The molecule has 24 heavy (non-hydrogen) atoms. The van der Waals surface area contributed by atoms with E-state index in [1.54, 1.807) is 4.68 Å². The largest absolute Gasteiger partial charge is 0.494 e. The van der Waals surface area contributed by atoms with Crippen LogP contribution in [0.2, 0.25) is 0 Å². The number of carbonyl (C=O) groups is 1. The fourth-order valence-corrected chi connectivity index (χ4v) is 2.75. The lowest BCUT2D eigenvalue weighted by molar-refractivity contribution is -0.121. The molecule has 1 amide bonds. The van der Waals surface area contributed by atoms with Gasteiger partial charge in [-0.15, -0.1) is 0 Å². The molecule has 3 rings (SSSR count). The fourth-order valence-electron chi connectivity index (χ4n) is 2.75. The van der Waals surface area contributed by atoms with Crippen molar-refractivity contribution in [2.75, 3.05) is 6.61 Å². The highest BCUT2D eigenvalue weighted by Gasteiger charge is 2.11. The molecular weight excluding hydrogens is 302 g/mol. The van der Waals surface area contributed by atoms with E-state index in [0.29, 0.717) is 13.2 Å². The van der Waals surface area contributed by atoms with Crippen LogP contribution >= 0.6 is 0 Å². The van der Waals surface area contributed by atoms with E-state index in [4.69, 9.17) is 4.74 Å². The second-order valence-corrected chi connectivity index (χ2v) is 5.58. The number of aromatic nitrogens is 2. The summed E-state index contributed by atoms with van der Waals surface area (Å²) < 4.78 is 7.32. The summed E-state index contributed by atoms with van der Waals surface area (Å²) in [6.07, 6.45) is 0. The Morgan fingerprint density at radius 1 is 1.17 bits per heavy atom. The third-order valence-electron chi connectivity index (χ3n) is 3.88. The summed E-state index contributed by atoms with van der Waals surface area (Å²) in [6, 6.07) is 15.7. The summed E-state index contributed by atoms with van der Waals surface area (Å²) in [5, 5.41) is 8.48. The summed E-state index contributed by atoms with van der Waals surface area (Å²) in [6.45, 7) is 5.14. The molecule has 0 bridgehead atoms. The van der Waals surface area contributed by atoms with Crippen LogP contribution in [-0.4, -0.2) is 22.3 Å². The molecule has 0 saturated carbocycles. The maximum absolute atomic E-state index is 12.3. The number of hydrogen-bond donors (Lipinski definition) is 1. The number of fused-ring (bicyclic) bond motifs is 1. The van der Waals surface area contributed by atoms with Crippen LogP contribution < -0.4 is 10.1 Å². The Kier molecular flexibility index (Phi) is 4.79. The lowest BCUT2D eigenvalue weighted by atomic mass is 10.2. The number of nitrogens with one attached hydrogen (secondary N) is 1. The third kappa shape index (κ3) is 3.40. The van der Waals surface area contributed by atoms with E-state index in [-0.39, 0.29) is 12.5 Å². The summed E-state index contributed by atoms with van der Waals surface area (Å²) in [7, 11) is 0. The van der Waals surface area contributed by atoms with Gasteiger partial charge in [-0.3, -0.25) is 9.48 Å². The minimum atomic E-state index is -0.0745. The van der Waals surface area contributed by atoms with E-state index in [9.17, 15) is 4.79 Å². The van der Waals surface area contributed by atoms with E-state index in [1.165, 1.54) is 0 Å². The molecule has 0 fully saturated rings. The summed E-state index contributed by atoms with van der Waals surface area (Å²) in [5.41, 5.74) is 2.87. The minimum absolute atomic E-state index is 0.0745. The average Bonchev–Trinajstić information content (AvgIpc) is 2.91. The van der Waals surface area contributed by atoms with Crippen molar-refractivity contribution in [3.63, 3.8) is 0 Å². The highest BCUT2D eigenvalue weighted by molar-refractivity contribution is 5.84. The van der Waals surface area contributed by atoms with Gasteiger partial charge >= 0.3 is 0 Å². The van der Waals surface area contributed by atoms with Crippen LogP contribution in [0, 0.1) is 6.92 Å². The van der Waals surface area contributed by atoms with Crippen molar-refractivity contribution in [1.29, 1.82) is 0 Å². The molecule has 0 spiro atoms. The van der Waals surface area contributed by atoms with Crippen LogP contribution in [0.5, 0.6) is 5.75 Å². The molecule has 1 heterocycles. The SMILES string of the molecule is CCOc1ccccc1CNC(=O)Cn1nc(C)c2ccccc21. The lowest BCUT2D eigenvalue weighted by Gasteiger charge is -2.11. The van der Waals surface area contributed by atoms with Crippen molar-refractivity contribution in [1.82, 2.24) is 15.1 Å². The Bertz CT molecular complexity index is 855. The van der Waals surface area contributed by atoms with Crippen molar-refractivity contribution in [3.8, 4) is 5.75 Å². The normalized spacial score (nSPS) is 10.8. The molecule has 5 heteroatoms. The van der Waals surface area contributed by atoms with Crippen LogP contribution in [0.3, 0.4) is 0 Å². The van der Waals surface area contributed by atoms with Gasteiger partial charge in [-0.05, 0) is 26.0 Å². The van der Waals surface area contributed by atoms with Gasteiger partial charge in [-0.2, -0.15) is 5.10 Å². The topological polar surface area (TPSA) is 56.1 Å². The van der Waals surface area contributed by atoms with Crippen LogP contribution in [0.1, 0.15) is 18.2 Å². The van der Waals surface area contributed by atoms with Crippen LogP contribution in [0.25, 0.3) is 10.9 Å². The second kappa shape index (κ2) is 7.17. The predicted octanol–water partition coefficient (Wildman–Crippen LogP) is 3.06. The van der Waals surface area contributed by atoms with Gasteiger partial charge in [0.15, 0.2) is 0 Å². The van der Waals surface area contributed by atoms with E-state index in [0.717, 1.165) is 27.9 Å². The van der Waals surface area contributed by atoms with Gasteiger partial charge < -0.3 is 10.1 Å². The Labute approximate surface area is 141 Å². The number of rotatable bonds is 6. The predicted molar refractivity (Wildman–Crippen MR) is 93.9 cm³/mol. The van der Waals surface area contributed by atoms with Gasteiger partial charge in [0.05, 0.1) is 17.8 Å². The molecule has 0 aliphatic rings. The van der Waals surface area contributed by atoms with Gasteiger partial charge in [-0.25, -0.2) is 0 Å². The average molecular weight is 323 g/mol. The quantitative estimate of drug-likeness (QED) is 0.758. The van der Waals surface area contributed by atoms with Crippen molar-refractivity contribution >= 4 is 16.8 Å². The van der Waals surface area contributed by atoms with Crippen molar-refractivity contribution in [2.45, 2.75) is 26.9 Å². The highest BCUT2D eigenvalue weighted by atomic mass is 16.5. The van der Waals surface area contributed by atoms with Gasteiger partial charge in [-0.1, -0.05) is 36.4 Å². The zero-order chi connectivity index (χ0) is 16.9. The molecule has 2 aromatic carbocycles. The molecule has 1 aromatic heterocycles. The lowest BCUT2D eigenvalue weighted by Crippen LogP contribution is -2.27. The molecule has 0 radical (unpaired) electrons. The molecule has 0 aliphatic carbocycles. The second-order valence-electron chi connectivity index (χ2n) is 5.58. The molecule has 0 unspecified atom stereocenters. The van der Waals surface area contributed by atoms with Crippen molar-refractivity contribution < 1.29 is 9.53 Å². The number of hydrogen-bond acceptors (Lipinski definition) is 3. The van der Waals surface area contributed by atoms with E-state index in [2.05, 4.69) is 10.4 Å². The number of ether oxygens (including phenoxy) is 1. The number of amides is 1. The first-order valence-corrected chi connectivity index (χ1v) is 8.08. The van der Waals surface area contributed by atoms with Gasteiger partial charge in [0, 0.05) is 17.5 Å². The fraction of sp³-hybridized carbons (Fsp3) is 0.263. The maximum atomic E-state index is 12.3. The van der Waals surface area contributed by atoms with Crippen LogP contribution in [0.15, 0.2) is 48.5 Å². The molecule has 5 nitrogen and oxygen atoms in total. The van der Waals surface area contributed by atoms with E-state index in [1.807, 2.05) is 62.4 Å². The zero-order valence-corrected chi connectivity index (χ0v) is 14.0. The zero-order valence-electron chi connectivity index (χ0n) is 14.0. The van der Waals surface area contributed by atoms with Gasteiger partial charge in [0.25, 0.3) is 0 Å². The molecule has 124 valence electrons. The summed E-state index contributed by atoms with van der Waals surface area (Å²) in [4.78, 5) is 12.3. The minimum Gasteiger partial charge on any atom is -0.494 e. The first-order chi connectivity index (χ1) is 11.7. The standard InChI is InChI=1S/C19H21N3O2/c1-3-24-18-11-7-4-8-15(18)12-20-19(23)13-22-17-10-6-5-9-16(17)14(2)21-22/h4-11H,3,12-13H2,1-2H3,(H,20,23). The Balaban J connectivity index is 1.68. The Morgan fingerprint density at radius 2 is 1.92 bits per heavy atom. The molecule has 0 aliphatic heterocycles. The number of nitrogens with zero attached hydrogens (tertiary/aromatic N) is 2. The molecule has 3 aromatic rings. The molecular formula is C19H21N3O2. The monoisotopic (exact) mass is 323 g/mol. The highest BCUT2D eigenvalue weighted by Crippen LogP contribution is 2.18.